The van der Waals surface area contributed by atoms with Gasteiger partial charge in [0, 0.05) is 61.5 Å². The summed E-state index contributed by atoms with van der Waals surface area (Å²) in [7, 11) is 2.04. The molecule has 1 atom stereocenters. The van der Waals surface area contributed by atoms with Crippen LogP contribution in [0.4, 0.5) is 9.59 Å². The first kappa shape index (κ1) is 33.3. The Kier molecular flexibility index (Phi) is 11.4. The van der Waals surface area contributed by atoms with Crippen molar-refractivity contribution in [2.45, 2.75) is 59.4 Å². The molecule has 2 amide bonds. The van der Waals surface area contributed by atoms with Gasteiger partial charge in [-0.25, -0.2) is 14.2 Å². The molecular weight excluding hydrogens is 578 g/mol. The van der Waals surface area contributed by atoms with E-state index in [1.807, 2.05) is 55.4 Å². The monoisotopic (exact) mass is 619 g/mol. The first-order valence-electron chi connectivity index (χ1n) is 14.0. The number of aryl methyl sites for hydroxylation is 1. The number of alkyl carbamates (subject to hydrolysis) is 1. The lowest BCUT2D eigenvalue weighted by atomic mass is 9.85. The maximum atomic E-state index is 13.6. The number of amides is 2. The topological polar surface area (TPSA) is 98.7 Å². The van der Waals surface area contributed by atoms with Crippen LogP contribution in [-0.2, 0) is 36.2 Å². The molecule has 230 valence electrons. The summed E-state index contributed by atoms with van der Waals surface area (Å²) in [6.45, 7) is 9.06. The molecule has 1 unspecified atom stereocenters. The average Bonchev–Trinajstić information content (AvgIpc) is 3.42. The smallest absolute Gasteiger partial charge is 0.413 e. The summed E-state index contributed by atoms with van der Waals surface area (Å²) in [5, 5.41) is 3.72. The number of fused-ring (bicyclic) bond motifs is 3. The number of para-hydroxylation sites is 1. The van der Waals surface area contributed by atoms with Crippen molar-refractivity contribution in [3.05, 3.63) is 53.7 Å². The number of hydrogen-bond acceptors (Lipinski definition) is 6. The normalized spacial score (nSPS) is 14.7. The minimum absolute atomic E-state index is 0. The number of benzene rings is 1. The summed E-state index contributed by atoms with van der Waals surface area (Å²) in [6, 6.07) is 8.09. The number of imidazole rings is 1. The van der Waals surface area contributed by atoms with Crippen molar-refractivity contribution < 1.29 is 40.8 Å². The second-order valence-corrected chi connectivity index (χ2v) is 12.4. The maximum absolute atomic E-state index is 13.6. The van der Waals surface area contributed by atoms with Crippen molar-refractivity contribution in [2.75, 3.05) is 31.6 Å². The van der Waals surface area contributed by atoms with Crippen LogP contribution in [-0.4, -0.2) is 69.2 Å². The number of halogens is 1. The molecule has 1 N–H and O–H groups in total. The van der Waals surface area contributed by atoms with Crippen LogP contribution in [0.25, 0.3) is 10.9 Å². The summed E-state index contributed by atoms with van der Waals surface area (Å²) in [4.78, 5) is 40.1. The van der Waals surface area contributed by atoms with Gasteiger partial charge in [0.2, 0.25) is 6.73 Å². The molecule has 2 heterocycles. The predicted molar refractivity (Wildman–Crippen MR) is 159 cm³/mol. The van der Waals surface area contributed by atoms with Gasteiger partial charge in [-0.2, -0.15) is 16.3 Å². The lowest BCUT2D eigenvalue weighted by Gasteiger charge is -2.23. The molecule has 0 aliphatic heterocycles. The fourth-order valence-corrected chi connectivity index (χ4v) is 5.66. The number of rotatable bonds is 10. The highest BCUT2D eigenvalue weighted by Gasteiger charge is 2.34. The number of ketones is 1. The van der Waals surface area contributed by atoms with Crippen LogP contribution in [0.15, 0.2) is 36.7 Å². The SMILES string of the molecule is CSCCN(CCNC(=O)OC(C)(C)C)C(=O)OC[n+]1ccn(CC2CCc3c(c4ccccc4n3C)C2=O)c1C.[Cl-]. The van der Waals surface area contributed by atoms with E-state index in [1.165, 1.54) is 0 Å². The summed E-state index contributed by atoms with van der Waals surface area (Å²) in [5.74, 6) is 1.72. The first-order chi connectivity index (χ1) is 19.5. The van der Waals surface area contributed by atoms with Gasteiger partial charge >= 0.3 is 12.2 Å². The molecule has 10 nitrogen and oxygen atoms in total. The van der Waals surface area contributed by atoms with E-state index in [0.717, 1.165) is 46.6 Å². The Balaban J connectivity index is 0.00000484. The Labute approximate surface area is 258 Å². The van der Waals surface area contributed by atoms with Crippen LogP contribution in [0.2, 0.25) is 0 Å². The molecular formula is C30H42ClN5O5S. The molecule has 0 saturated carbocycles. The van der Waals surface area contributed by atoms with Gasteiger partial charge in [-0.1, -0.05) is 18.2 Å². The van der Waals surface area contributed by atoms with Gasteiger partial charge in [0.15, 0.2) is 5.78 Å². The number of aromatic nitrogens is 3. The summed E-state index contributed by atoms with van der Waals surface area (Å²) in [6.07, 6.45) is 6.48. The highest BCUT2D eigenvalue weighted by molar-refractivity contribution is 7.98. The second-order valence-electron chi connectivity index (χ2n) is 11.4. The number of ether oxygens (including phenoxy) is 2. The van der Waals surface area contributed by atoms with Gasteiger partial charge in [-0.05, 0) is 45.9 Å². The van der Waals surface area contributed by atoms with Gasteiger partial charge in [0.1, 0.15) is 24.5 Å². The molecule has 4 rings (SSSR count). The van der Waals surface area contributed by atoms with Crippen LogP contribution in [0.3, 0.4) is 0 Å². The summed E-state index contributed by atoms with van der Waals surface area (Å²) >= 11 is 1.63. The van der Waals surface area contributed by atoms with Crippen molar-refractivity contribution in [3.8, 4) is 0 Å². The zero-order chi connectivity index (χ0) is 29.7. The Hall–Kier alpha value is -3.18. The standard InChI is InChI=1S/C30H41N5O5S.ClH/c1-21-34(19-22-11-12-25-26(27(22)36)23-9-7-8-10-24(23)32(25)5)15-16-35(21)20-39-29(38)33(17-18-41-6)14-13-31-28(37)40-30(2,3)4;/h7-10,15-16,22H,11-14,17-20H2,1-6H3;1H. The number of carbonyl (C=O) groups excluding carboxylic acids is 3. The molecule has 0 bridgehead atoms. The molecule has 2 aromatic heterocycles. The molecule has 42 heavy (non-hydrogen) atoms. The number of thioether (sulfide) groups is 1. The second kappa shape index (κ2) is 14.3. The Morgan fingerprint density at radius 3 is 2.67 bits per heavy atom. The van der Waals surface area contributed by atoms with E-state index in [4.69, 9.17) is 9.47 Å². The molecule has 1 aromatic carbocycles. The third kappa shape index (κ3) is 7.80. The molecule has 3 aromatic rings. The Morgan fingerprint density at radius 2 is 1.95 bits per heavy atom. The van der Waals surface area contributed by atoms with Crippen LogP contribution in [0.1, 0.15) is 49.1 Å². The van der Waals surface area contributed by atoms with Crippen molar-refractivity contribution in [1.29, 1.82) is 0 Å². The Bertz CT molecular complexity index is 1410. The van der Waals surface area contributed by atoms with E-state index in [1.54, 1.807) is 37.4 Å². The van der Waals surface area contributed by atoms with E-state index in [0.29, 0.717) is 19.6 Å². The first-order valence-corrected chi connectivity index (χ1v) is 15.4. The van der Waals surface area contributed by atoms with Gasteiger partial charge in [0.05, 0.1) is 5.92 Å². The number of carbonyl (C=O) groups is 3. The third-order valence-electron chi connectivity index (χ3n) is 7.45. The van der Waals surface area contributed by atoms with Crippen molar-refractivity contribution >= 4 is 40.6 Å². The molecule has 1 aliphatic carbocycles. The highest BCUT2D eigenvalue weighted by atomic mass is 35.5. The van der Waals surface area contributed by atoms with Crippen LogP contribution >= 0.6 is 11.8 Å². The van der Waals surface area contributed by atoms with E-state index in [9.17, 15) is 14.4 Å². The molecule has 0 fully saturated rings. The fourth-order valence-electron chi connectivity index (χ4n) is 5.26. The Morgan fingerprint density at radius 1 is 1.21 bits per heavy atom. The predicted octanol–water partition coefficient (Wildman–Crippen LogP) is 1.31. The van der Waals surface area contributed by atoms with E-state index < -0.39 is 17.8 Å². The quantitative estimate of drug-likeness (QED) is 0.344. The van der Waals surface area contributed by atoms with E-state index >= 15 is 0 Å². The number of Topliss-reactive ketones (excluding diaryl/α,β-unsaturated/α-hetero) is 1. The van der Waals surface area contributed by atoms with E-state index in [2.05, 4.69) is 20.5 Å². The largest absolute Gasteiger partial charge is 1.00 e. The number of hydrogen-bond donors (Lipinski definition) is 1. The van der Waals surface area contributed by atoms with Gasteiger partial charge < -0.3 is 36.7 Å². The molecule has 0 radical (unpaired) electrons. The molecule has 12 heteroatoms. The summed E-state index contributed by atoms with van der Waals surface area (Å²) in [5.41, 5.74) is 2.48. The average molecular weight is 620 g/mol. The molecule has 1 aliphatic rings. The molecule has 0 saturated heterocycles. The minimum atomic E-state index is -0.587. The van der Waals surface area contributed by atoms with Crippen LogP contribution in [0, 0.1) is 12.8 Å². The summed E-state index contributed by atoms with van der Waals surface area (Å²) < 4.78 is 17.0. The maximum Gasteiger partial charge on any atom is 0.413 e. The van der Waals surface area contributed by atoms with Crippen LogP contribution in [0.5, 0.6) is 0 Å². The highest BCUT2D eigenvalue weighted by Crippen LogP contribution is 2.34. The minimum Gasteiger partial charge on any atom is -1.00 e. The lowest BCUT2D eigenvalue weighted by molar-refractivity contribution is -0.732. The van der Waals surface area contributed by atoms with Gasteiger partial charge in [-0.15, -0.1) is 0 Å². The fraction of sp³-hybridized carbons (Fsp3) is 0.533. The number of nitrogens with zero attached hydrogens (tertiary/aromatic N) is 4. The van der Waals surface area contributed by atoms with Gasteiger partial charge in [0.25, 0.3) is 5.82 Å². The third-order valence-corrected chi connectivity index (χ3v) is 8.04. The lowest BCUT2D eigenvalue weighted by Crippen LogP contribution is -3.00. The van der Waals surface area contributed by atoms with Crippen LogP contribution < -0.4 is 22.3 Å². The van der Waals surface area contributed by atoms with Crippen molar-refractivity contribution in [2.24, 2.45) is 13.0 Å². The zero-order valence-corrected chi connectivity index (χ0v) is 26.9. The number of nitrogens with one attached hydrogen (secondary N) is 1. The van der Waals surface area contributed by atoms with Crippen molar-refractivity contribution in [3.63, 3.8) is 0 Å². The van der Waals surface area contributed by atoms with E-state index in [-0.39, 0.29) is 37.4 Å². The van der Waals surface area contributed by atoms with Gasteiger partial charge in [-0.3, -0.25) is 4.79 Å². The zero-order valence-electron chi connectivity index (χ0n) is 25.3. The van der Waals surface area contributed by atoms with Crippen molar-refractivity contribution in [1.82, 2.24) is 19.4 Å². The molecule has 0 spiro atoms.